The zero-order chi connectivity index (χ0) is 20.1. The van der Waals surface area contributed by atoms with Crippen LogP contribution in [0.2, 0.25) is 0 Å². The summed E-state index contributed by atoms with van der Waals surface area (Å²) in [5, 5.41) is 3.57. The summed E-state index contributed by atoms with van der Waals surface area (Å²) in [6.07, 6.45) is 4.50. The largest absolute Gasteiger partial charge is 0.465 e. The number of rotatable bonds is 5. The van der Waals surface area contributed by atoms with Crippen molar-refractivity contribution >= 4 is 29.1 Å². The molecule has 0 saturated carbocycles. The predicted molar refractivity (Wildman–Crippen MR) is 106 cm³/mol. The van der Waals surface area contributed by atoms with Gasteiger partial charge in [0.05, 0.1) is 18.9 Å². The number of carbonyl (C=O) groups excluding carboxylic acids is 3. The van der Waals surface area contributed by atoms with Crippen LogP contribution in [-0.4, -0.2) is 53.9 Å². The molecule has 1 aliphatic rings. The normalized spacial score (nSPS) is 16.5. The lowest BCUT2D eigenvalue weighted by molar-refractivity contribution is -0.132. The first-order valence-corrected chi connectivity index (χ1v) is 10.0. The van der Waals surface area contributed by atoms with E-state index >= 15 is 0 Å². The number of nitrogens with zero attached hydrogens (tertiary/aromatic N) is 2. The Bertz CT molecular complexity index is 880. The van der Waals surface area contributed by atoms with E-state index in [4.69, 9.17) is 4.74 Å². The van der Waals surface area contributed by atoms with Crippen LogP contribution in [0.5, 0.6) is 0 Å². The topological polar surface area (TPSA) is 88.6 Å². The van der Waals surface area contributed by atoms with Gasteiger partial charge in [0, 0.05) is 31.6 Å². The molecule has 28 heavy (non-hydrogen) atoms. The molecule has 1 saturated heterocycles. The maximum absolute atomic E-state index is 12.5. The maximum Gasteiger partial charge on any atom is 0.337 e. The number of benzene rings is 1. The Kier molecular flexibility index (Phi) is 6.41. The molecule has 8 heteroatoms. The molecule has 2 aromatic rings. The Hall–Kier alpha value is -2.74. The Morgan fingerprint density at radius 1 is 1.32 bits per heavy atom. The summed E-state index contributed by atoms with van der Waals surface area (Å²) in [4.78, 5) is 42.6. The molecule has 1 N–H and O–H groups in total. The zero-order valence-corrected chi connectivity index (χ0v) is 16.8. The smallest absolute Gasteiger partial charge is 0.337 e. The first-order chi connectivity index (χ1) is 13.5. The third-order valence-electron chi connectivity index (χ3n) is 4.79. The molecule has 148 valence electrons. The van der Waals surface area contributed by atoms with Crippen LogP contribution in [0.3, 0.4) is 0 Å². The van der Waals surface area contributed by atoms with E-state index in [0.717, 1.165) is 31.4 Å². The average Bonchev–Trinajstić information content (AvgIpc) is 3.22. The maximum atomic E-state index is 12.5. The Morgan fingerprint density at radius 3 is 2.89 bits per heavy atom. The van der Waals surface area contributed by atoms with Gasteiger partial charge in [-0.3, -0.25) is 9.59 Å². The number of methoxy groups -OCH3 is 1. The molecule has 2 heterocycles. The number of hydrogen-bond acceptors (Lipinski definition) is 6. The summed E-state index contributed by atoms with van der Waals surface area (Å²) in [5.41, 5.74) is 1.19. The first-order valence-electron chi connectivity index (χ1n) is 9.19. The number of esters is 1. The van der Waals surface area contributed by atoms with Crippen molar-refractivity contribution in [3.8, 4) is 10.6 Å². The Morgan fingerprint density at radius 2 is 2.14 bits per heavy atom. The van der Waals surface area contributed by atoms with Gasteiger partial charge in [0.1, 0.15) is 9.88 Å². The average molecular weight is 401 g/mol. The minimum absolute atomic E-state index is 0.0410. The number of amides is 2. The standard InChI is InChI=1S/C20H23N3O4S/c1-13(24)23-9-4-3-8-16(23)11-21-18(25)17-12-22-19(28-17)14-6-5-7-15(10-14)20(26)27-2/h5-7,10,12,16H,3-4,8-9,11H2,1-2H3,(H,21,25). The highest BCUT2D eigenvalue weighted by Gasteiger charge is 2.25. The number of hydrogen-bond donors (Lipinski definition) is 1. The van der Waals surface area contributed by atoms with Crippen LogP contribution in [0.25, 0.3) is 10.6 Å². The molecule has 1 atom stereocenters. The quantitative estimate of drug-likeness (QED) is 0.778. The molecule has 0 spiro atoms. The van der Waals surface area contributed by atoms with Crippen LogP contribution in [0.4, 0.5) is 0 Å². The van der Waals surface area contributed by atoms with E-state index in [1.165, 1.54) is 24.6 Å². The molecular weight excluding hydrogens is 378 g/mol. The van der Waals surface area contributed by atoms with Crippen molar-refractivity contribution in [2.75, 3.05) is 20.2 Å². The summed E-state index contributed by atoms with van der Waals surface area (Å²) in [6.45, 7) is 2.75. The third-order valence-corrected chi connectivity index (χ3v) is 5.84. The van der Waals surface area contributed by atoms with Crippen LogP contribution in [0.1, 0.15) is 46.2 Å². The lowest BCUT2D eigenvalue weighted by atomic mass is 10.0. The van der Waals surface area contributed by atoms with Crippen LogP contribution in [-0.2, 0) is 9.53 Å². The highest BCUT2D eigenvalue weighted by molar-refractivity contribution is 7.16. The van der Waals surface area contributed by atoms with E-state index in [1.807, 2.05) is 11.0 Å². The van der Waals surface area contributed by atoms with Gasteiger partial charge in [-0.1, -0.05) is 12.1 Å². The molecule has 0 aliphatic carbocycles. The Balaban J connectivity index is 1.66. The van der Waals surface area contributed by atoms with Gasteiger partial charge >= 0.3 is 5.97 Å². The molecule has 1 aromatic heterocycles. The monoisotopic (exact) mass is 401 g/mol. The van der Waals surface area contributed by atoms with Gasteiger partial charge in [-0.15, -0.1) is 11.3 Å². The van der Waals surface area contributed by atoms with Crippen LogP contribution in [0.15, 0.2) is 30.5 Å². The zero-order valence-electron chi connectivity index (χ0n) is 15.9. The predicted octanol–water partition coefficient (Wildman–Crippen LogP) is 2.73. The highest BCUT2D eigenvalue weighted by Crippen LogP contribution is 2.26. The second-order valence-electron chi connectivity index (χ2n) is 6.67. The fourth-order valence-electron chi connectivity index (χ4n) is 3.33. The summed E-state index contributed by atoms with van der Waals surface area (Å²) in [6, 6.07) is 6.99. The molecule has 1 unspecified atom stereocenters. The van der Waals surface area contributed by atoms with E-state index < -0.39 is 5.97 Å². The Labute approximate surface area is 167 Å². The second-order valence-corrected chi connectivity index (χ2v) is 7.70. The van der Waals surface area contributed by atoms with E-state index in [2.05, 4.69) is 10.3 Å². The van der Waals surface area contributed by atoms with Gasteiger partial charge in [0.15, 0.2) is 0 Å². The molecular formula is C20H23N3O4S. The van der Waals surface area contributed by atoms with Gasteiger partial charge < -0.3 is 15.0 Å². The lowest BCUT2D eigenvalue weighted by Gasteiger charge is -2.35. The van der Waals surface area contributed by atoms with Crippen LogP contribution in [0, 0.1) is 0 Å². The van der Waals surface area contributed by atoms with Gasteiger partial charge in [0.2, 0.25) is 5.91 Å². The van der Waals surface area contributed by atoms with E-state index in [0.29, 0.717) is 22.0 Å². The van der Waals surface area contributed by atoms with Crippen molar-refractivity contribution in [1.29, 1.82) is 0 Å². The molecule has 1 aromatic carbocycles. The van der Waals surface area contributed by atoms with Crippen LogP contribution >= 0.6 is 11.3 Å². The lowest BCUT2D eigenvalue weighted by Crippen LogP contribution is -2.48. The molecule has 0 radical (unpaired) electrons. The van der Waals surface area contributed by atoms with Crippen LogP contribution < -0.4 is 5.32 Å². The minimum Gasteiger partial charge on any atom is -0.465 e. The summed E-state index contributed by atoms with van der Waals surface area (Å²) in [5.74, 6) is -0.578. The van der Waals surface area contributed by atoms with Gasteiger partial charge in [-0.25, -0.2) is 9.78 Å². The number of carbonyl (C=O) groups is 3. The fraction of sp³-hybridized carbons (Fsp3) is 0.400. The van der Waals surface area contributed by atoms with Crippen molar-refractivity contribution in [1.82, 2.24) is 15.2 Å². The number of thiazole rings is 1. The molecule has 2 amide bonds. The van der Waals surface area contributed by atoms with Crippen molar-refractivity contribution in [3.05, 3.63) is 40.9 Å². The molecule has 7 nitrogen and oxygen atoms in total. The summed E-state index contributed by atoms with van der Waals surface area (Å²) < 4.78 is 4.74. The summed E-state index contributed by atoms with van der Waals surface area (Å²) in [7, 11) is 1.33. The fourth-order valence-corrected chi connectivity index (χ4v) is 4.16. The third kappa shape index (κ3) is 4.56. The second kappa shape index (κ2) is 8.97. The number of ether oxygens (including phenoxy) is 1. The molecule has 0 bridgehead atoms. The number of piperidine rings is 1. The van der Waals surface area contributed by atoms with E-state index in [-0.39, 0.29) is 17.9 Å². The molecule has 3 rings (SSSR count). The number of nitrogens with one attached hydrogen (secondary N) is 1. The summed E-state index contributed by atoms with van der Waals surface area (Å²) >= 11 is 1.26. The van der Waals surface area contributed by atoms with E-state index in [9.17, 15) is 14.4 Å². The number of aromatic nitrogens is 1. The van der Waals surface area contributed by atoms with Gasteiger partial charge in [-0.2, -0.15) is 0 Å². The molecule has 1 fully saturated rings. The number of likely N-dealkylation sites (tertiary alicyclic amines) is 1. The van der Waals surface area contributed by atoms with Crippen molar-refractivity contribution < 1.29 is 19.1 Å². The molecule has 1 aliphatic heterocycles. The highest BCUT2D eigenvalue weighted by atomic mass is 32.1. The first kappa shape index (κ1) is 20.0. The van der Waals surface area contributed by atoms with Gasteiger partial charge in [0.25, 0.3) is 5.91 Å². The van der Waals surface area contributed by atoms with Crippen molar-refractivity contribution in [3.63, 3.8) is 0 Å². The van der Waals surface area contributed by atoms with Crippen molar-refractivity contribution in [2.45, 2.75) is 32.2 Å². The van der Waals surface area contributed by atoms with Crippen molar-refractivity contribution in [2.24, 2.45) is 0 Å². The van der Waals surface area contributed by atoms with E-state index in [1.54, 1.807) is 25.1 Å². The SMILES string of the molecule is COC(=O)c1cccc(-c2ncc(C(=O)NCC3CCCCN3C(C)=O)s2)c1. The minimum atomic E-state index is -0.418. The van der Waals surface area contributed by atoms with Gasteiger partial charge in [-0.05, 0) is 31.4 Å².